The van der Waals surface area contributed by atoms with E-state index in [1.165, 1.54) is 25.0 Å². The second-order valence-electron chi connectivity index (χ2n) is 8.41. The van der Waals surface area contributed by atoms with Crippen molar-refractivity contribution >= 4 is 39.5 Å². The van der Waals surface area contributed by atoms with Crippen molar-refractivity contribution in [2.45, 2.75) is 64.5 Å². The van der Waals surface area contributed by atoms with Gasteiger partial charge >= 0.3 is 0 Å². The highest BCUT2D eigenvalue weighted by Crippen LogP contribution is 2.34. The monoisotopic (exact) mass is 533 g/mol. The topological polar surface area (TPSA) is 38.1 Å². The van der Waals surface area contributed by atoms with Gasteiger partial charge in [0.2, 0.25) is 0 Å². The second kappa shape index (κ2) is 10.1. The molecule has 0 radical (unpaired) electrons. The lowest BCUT2D eigenvalue weighted by atomic mass is 10.1. The van der Waals surface area contributed by atoms with Gasteiger partial charge in [-0.1, -0.05) is 38.7 Å². The molecule has 1 saturated carbocycles. The van der Waals surface area contributed by atoms with Crippen LogP contribution in [0, 0.1) is 9.39 Å². The van der Waals surface area contributed by atoms with Crippen LogP contribution >= 0.6 is 22.6 Å². The van der Waals surface area contributed by atoms with Gasteiger partial charge in [0.25, 0.3) is 5.91 Å². The molecule has 0 unspecified atom stereocenters. The number of hydrogen-bond donors (Lipinski definition) is 0. The Hall–Kier alpha value is -1.96. The van der Waals surface area contributed by atoms with Gasteiger partial charge < -0.3 is 9.47 Å². The molecule has 0 N–H and O–H groups in total. The minimum Gasteiger partial charge on any atom is -0.331 e. The molecule has 0 spiro atoms. The minimum atomic E-state index is -0.273. The summed E-state index contributed by atoms with van der Waals surface area (Å²) in [6.45, 7) is 3.31. The number of carbonyl (C=O) groups excluding carboxylic acids is 1. The number of carbonyl (C=O) groups is 1. The fourth-order valence-corrected chi connectivity index (χ4v) is 5.13. The van der Waals surface area contributed by atoms with Crippen molar-refractivity contribution in [3.05, 3.63) is 63.2 Å². The van der Waals surface area contributed by atoms with Crippen LogP contribution in [0.15, 0.2) is 42.5 Å². The first-order chi connectivity index (χ1) is 15.1. The second-order valence-corrected chi connectivity index (χ2v) is 9.66. The predicted octanol–water partition coefficient (Wildman–Crippen LogP) is 6.73. The Balaban J connectivity index is 1.69. The van der Waals surface area contributed by atoms with E-state index in [0.29, 0.717) is 30.2 Å². The van der Waals surface area contributed by atoms with Gasteiger partial charge in [0.1, 0.15) is 11.6 Å². The van der Waals surface area contributed by atoms with Crippen molar-refractivity contribution in [3.8, 4) is 0 Å². The Morgan fingerprint density at radius 3 is 2.74 bits per heavy atom. The zero-order valence-electron chi connectivity index (χ0n) is 18.0. The average molecular weight is 533 g/mol. The third-order valence-corrected chi connectivity index (χ3v) is 6.81. The molecular formula is C25H29FIN3O. The Morgan fingerprint density at radius 1 is 1.19 bits per heavy atom. The number of aromatic nitrogens is 2. The molecule has 1 fully saturated rings. The van der Waals surface area contributed by atoms with Crippen LogP contribution in [0.25, 0.3) is 11.0 Å². The zero-order valence-corrected chi connectivity index (χ0v) is 20.1. The number of nitrogens with zero attached hydrogens (tertiary/aromatic N) is 3. The highest BCUT2D eigenvalue weighted by molar-refractivity contribution is 14.1. The summed E-state index contributed by atoms with van der Waals surface area (Å²) in [7, 11) is 0. The molecule has 0 bridgehead atoms. The summed E-state index contributed by atoms with van der Waals surface area (Å²) in [5.74, 6) is 0.624. The van der Waals surface area contributed by atoms with Crippen LogP contribution in [-0.2, 0) is 6.54 Å². The summed E-state index contributed by atoms with van der Waals surface area (Å²) in [4.78, 5) is 20.2. The van der Waals surface area contributed by atoms with Crippen molar-refractivity contribution in [2.24, 2.45) is 0 Å². The molecule has 2 aromatic carbocycles. The first-order valence-corrected chi connectivity index (χ1v) is 12.4. The number of hydrogen-bond acceptors (Lipinski definition) is 2. The van der Waals surface area contributed by atoms with Gasteiger partial charge in [0.15, 0.2) is 0 Å². The maximum atomic E-state index is 13.9. The number of benzene rings is 2. The molecule has 4 nitrogen and oxygen atoms in total. The van der Waals surface area contributed by atoms with Crippen LogP contribution in [0.2, 0.25) is 0 Å². The lowest BCUT2D eigenvalue weighted by molar-refractivity contribution is 0.0733. The molecular weight excluding hydrogens is 504 g/mol. The van der Waals surface area contributed by atoms with Gasteiger partial charge in [0.05, 0.1) is 17.6 Å². The van der Waals surface area contributed by atoms with Gasteiger partial charge in [0, 0.05) is 27.8 Å². The summed E-state index contributed by atoms with van der Waals surface area (Å²) < 4.78 is 17.2. The summed E-state index contributed by atoms with van der Waals surface area (Å²) in [5.41, 5.74) is 2.36. The third-order valence-electron chi connectivity index (χ3n) is 6.14. The first-order valence-electron chi connectivity index (χ1n) is 11.3. The summed E-state index contributed by atoms with van der Waals surface area (Å²) in [6, 6.07) is 13.0. The molecule has 1 heterocycles. The van der Waals surface area contributed by atoms with Crippen LogP contribution < -0.4 is 0 Å². The number of unbranched alkanes of at least 4 members (excludes halogenated alkanes) is 2. The van der Waals surface area contributed by atoms with E-state index in [9.17, 15) is 9.18 Å². The summed E-state index contributed by atoms with van der Waals surface area (Å²) in [6.07, 6.45) is 7.77. The molecule has 3 aromatic rings. The van der Waals surface area contributed by atoms with Crippen LogP contribution in [0.4, 0.5) is 4.39 Å². The fraction of sp³-hybridized carbons (Fsp3) is 0.440. The van der Waals surface area contributed by atoms with Gasteiger partial charge in [-0.05, 0) is 72.2 Å². The van der Waals surface area contributed by atoms with E-state index in [1.54, 1.807) is 0 Å². The maximum Gasteiger partial charge on any atom is 0.254 e. The number of rotatable bonds is 8. The van der Waals surface area contributed by atoms with Crippen LogP contribution in [0.1, 0.15) is 74.1 Å². The number of halogens is 2. The predicted molar refractivity (Wildman–Crippen MR) is 131 cm³/mol. The van der Waals surface area contributed by atoms with Gasteiger partial charge in [-0.2, -0.15) is 0 Å². The third kappa shape index (κ3) is 5.10. The molecule has 1 aromatic heterocycles. The number of imidazole rings is 1. The van der Waals surface area contributed by atoms with Crippen molar-refractivity contribution in [1.29, 1.82) is 0 Å². The fourth-order valence-electron chi connectivity index (χ4n) is 4.58. The Labute approximate surface area is 197 Å². The van der Waals surface area contributed by atoms with Gasteiger partial charge in [-0.25, -0.2) is 9.37 Å². The summed E-state index contributed by atoms with van der Waals surface area (Å²) >= 11 is 2.24. The number of fused-ring (bicyclic) bond motifs is 1. The zero-order chi connectivity index (χ0) is 21.8. The van der Waals surface area contributed by atoms with E-state index < -0.39 is 0 Å². The average Bonchev–Trinajstić information content (AvgIpc) is 3.39. The van der Waals surface area contributed by atoms with E-state index >= 15 is 0 Å². The van der Waals surface area contributed by atoms with Crippen molar-refractivity contribution in [2.75, 3.05) is 6.54 Å². The Kier molecular flexibility index (Phi) is 7.25. The van der Waals surface area contributed by atoms with E-state index in [1.807, 2.05) is 35.2 Å². The molecule has 31 heavy (non-hydrogen) atoms. The molecule has 1 amide bonds. The highest BCUT2D eigenvalue weighted by Gasteiger charge is 2.25. The quantitative estimate of drug-likeness (QED) is 0.238. The first kappa shape index (κ1) is 22.2. The molecule has 0 aliphatic heterocycles. The minimum absolute atomic E-state index is 0.0332. The van der Waals surface area contributed by atoms with Crippen LogP contribution in [0.3, 0.4) is 0 Å². The van der Waals surface area contributed by atoms with Crippen molar-refractivity contribution < 1.29 is 9.18 Å². The molecule has 4 rings (SSSR count). The SMILES string of the molecule is CCCCCN(Cc1nc2cc(F)ccc2n1C1CCCC1)C(=O)c1cccc(I)c1. The van der Waals surface area contributed by atoms with E-state index in [0.717, 1.165) is 47.0 Å². The maximum absolute atomic E-state index is 13.9. The molecule has 1 aliphatic carbocycles. The standard InChI is InChI=1S/C25H29FIN3O/c1-2-3-6-14-29(25(31)18-8-7-9-20(27)15-18)17-24-28-22-16-19(26)12-13-23(22)30(24)21-10-4-5-11-21/h7-9,12-13,15-16,21H,2-6,10-11,14,17H2,1H3. The molecule has 6 heteroatoms. The lowest BCUT2D eigenvalue weighted by Crippen LogP contribution is -2.33. The smallest absolute Gasteiger partial charge is 0.254 e. The largest absolute Gasteiger partial charge is 0.331 e. The highest BCUT2D eigenvalue weighted by atomic mass is 127. The summed E-state index contributed by atoms with van der Waals surface area (Å²) in [5, 5.41) is 0. The van der Waals surface area contributed by atoms with Crippen LogP contribution in [0.5, 0.6) is 0 Å². The normalized spacial score (nSPS) is 14.4. The molecule has 0 atom stereocenters. The van der Waals surface area contributed by atoms with E-state index in [2.05, 4.69) is 34.1 Å². The molecule has 0 saturated heterocycles. The van der Waals surface area contributed by atoms with Crippen molar-refractivity contribution in [1.82, 2.24) is 14.5 Å². The van der Waals surface area contributed by atoms with Gasteiger partial charge in [-0.3, -0.25) is 4.79 Å². The Bertz CT molecular complexity index is 1060. The Morgan fingerprint density at radius 2 is 2.00 bits per heavy atom. The van der Waals surface area contributed by atoms with E-state index in [4.69, 9.17) is 4.98 Å². The number of amides is 1. The lowest BCUT2D eigenvalue weighted by Gasteiger charge is -2.25. The van der Waals surface area contributed by atoms with Crippen LogP contribution in [-0.4, -0.2) is 26.9 Å². The molecule has 164 valence electrons. The molecule has 1 aliphatic rings. The van der Waals surface area contributed by atoms with E-state index in [-0.39, 0.29) is 11.7 Å². The van der Waals surface area contributed by atoms with Crippen molar-refractivity contribution in [3.63, 3.8) is 0 Å². The van der Waals surface area contributed by atoms with Gasteiger partial charge in [-0.15, -0.1) is 0 Å².